The third-order valence-corrected chi connectivity index (χ3v) is 4.40. The molecule has 1 aromatic heterocycles. The SMILES string of the molecule is COc1cnccc1C(=O)N(CC1CCNCC1)C1CC1. The number of hydrogen-bond acceptors (Lipinski definition) is 4. The van der Waals surface area contributed by atoms with Crippen LogP contribution in [0.5, 0.6) is 5.75 Å². The Balaban J connectivity index is 1.75. The largest absolute Gasteiger partial charge is 0.494 e. The molecule has 1 aromatic rings. The van der Waals surface area contributed by atoms with Crippen LogP contribution in [0.15, 0.2) is 18.5 Å². The standard InChI is InChI=1S/C16H23N3O2/c1-21-15-10-18-9-6-14(15)16(20)19(13-2-3-13)11-12-4-7-17-8-5-12/h6,9-10,12-13,17H,2-5,7-8,11H2,1H3. The number of methoxy groups -OCH3 is 1. The molecule has 0 unspecified atom stereocenters. The summed E-state index contributed by atoms with van der Waals surface area (Å²) in [6.07, 6.45) is 7.84. The topological polar surface area (TPSA) is 54.5 Å². The zero-order valence-electron chi connectivity index (χ0n) is 12.5. The van der Waals surface area contributed by atoms with E-state index in [2.05, 4.69) is 15.2 Å². The number of amides is 1. The van der Waals surface area contributed by atoms with Crippen LogP contribution < -0.4 is 10.1 Å². The molecule has 0 spiro atoms. The lowest BCUT2D eigenvalue weighted by Gasteiger charge is -2.30. The first-order chi connectivity index (χ1) is 10.3. The Kier molecular flexibility index (Phi) is 4.39. The molecule has 1 aliphatic carbocycles. The summed E-state index contributed by atoms with van der Waals surface area (Å²) in [6.45, 7) is 3.00. The predicted octanol–water partition coefficient (Wildman–Crippen LogP) is 1.69. The minimum absolute atomic E-state index is 0.0929. The number of ether oxygens (including phenoxy) is 1. The number of rotatable bonds is 5. The smallest absolute Gasteiger partial charge is 0.257 e. The van der Waals surface area contributed by atoms with Crippen molar-refractivity contribution in [3.63, 3.8) is 0 Å². The molecule has 1 aliphatic heterocycles. The molecule has 0 bridgehead atoms. The summed E-state index contributed by atoms with van der Waals surface area (Å²) < 4.78 is 5.29. The van der Waals surface area contributed by atoms with Crippen molar-refractivity contribution >= 4 is 5.91 Å². The van der Waals surface area contributed by atoms with Gasteiger partial charge in [0, 0.05) is 18.8 Å². The zero-order valence-corrected chi connectivity index (χ0v) is 12.5. The van der Waals surface area contributed by atoms with E-state index in [0.717, 1.165) is 45.3 Å². The van der Waals surface area contributed by atoms with Gasteiger partial charge in [-0.2, -0.15) is 0 Å². The van der Waals surface area contributed by atoms with Gasteiger partial charge in [0.25, 0.3) is 5.91 Å². The van der Waals surface area contributed by atoms with E-state index in [0.29, 0.717) is 23.3 Å². The molecule has 0 atom stereocenters. The number of nitrogens with zero attached hydrogens (tertiary/aromatic N) is 2. The number of pyridine rings is 1. The quantitative estimate of drug-likeness (QED) is 0.896. The Morgan fingerprint density at radius 3 is 2.81 bits per heavy atom. The maximum absolute atomic E-state index is 12.9. The van der Waals surface area contributed by atoms with Crippen molar-refractivity contribution in [2.75, 3.05) is 26.7 Å². The predicted molar refractivity (Wildman–Crippen MR) is 80.4 cm³/mol. The van der Waals surface area contributed by atoms with Gasteiger partial charge in [0.1, 0.15) is 5.75 Å². The number of piperidine rings is 1. The van der Waals surface area contributed by atoms with Gasteiger partial charge in [-0.15, -0.1) is 0 Å². The molecule has 2 heterocycles. The average Bonchev–Trinajstić information content (AvgIpc) is 3.37. The summed E-state index contributed by atoms with van der Waals surface area (Å²) in [4.78, 5) is 19.0. The van der Waals surface area contributed by atoms with Crippen molar-refractivity contribution in [1.82, 2.24) is 15.2 Å². The summed E-state index contributed by atoms with van der Waals surface area (Å²) in [7, 11) is 1.59. The normalized spacial score (nSPS) is 19.3. The van der Waals surface area contributed by atoms with E-state index in [-0.39, 0.29) is 5.91 Å². The molecule has 1 N–H and O–H groups in total. The molecular weight excluding hydrogens is 266 g/mol. The summed E-state index contributed by atoms with van der Waals surface area (Å²) in [6, 6.07) is 2.18. The molecule has 0 radical (unpaired) electrons. The molecule has 1 saturated carbocycles. The van der Waals surface area contributed by atoms with Crippen LogP contribution >= 0.6 is 0 Å². The second-order valence-electron chi connectivity index (χ2n) is 5.96. The highest BCUT2D eigenvalue weighted by molar-refractivity contribution is 5.97. The second-order valence-corrected chi connectivity index (χ2v) is 5.96. The van der Waals surface area contributed by atoms with Gasteiger partial charge in [-0.1, -0.05) is 0 Å². The molecule has 5 heteroatoms. The van der Waals surface area contributed by atoms with Crippen LogP contribution in [-0.2, 0) is 0 Å². The van der Waals surface area contributed by atoms with Crippen LogP contribution in [0.3, 0.4) is 0 Å². The van der Waals surface area contributed by atoms with Crippen molar-refractivity contribution in [2.45, 2.75) is 31.7 Å². The van der Waals surface area contributed by atoms with Gasteiger partial charge in [-0.05, 0) is 50.8 Å². The number of carbonyl (C=O) groups excluding carboxylic acids is 1. The van der Waals surface area contributed by atoms with E-state index < -0.39 is 0 Å². The van der Waals surface area contributed by atoms with Crippen molar-refractivity contribution in [1.29, 1.82) is 0 Å². The fourth-order valence-corrected chi connectivity index (χ4v) is 3.00. The molecule has 0 aromatic carbocycles. The van der Waals surface area contributed by atoms with Crippen molar-refractivity contribution < 1.29 is 9.53 Å². The fraction of sp³-hybridized carbons (Fsp3) is 0.625. The highest BCUT2D eigenvalue weighted by Crippen LogP contribution is 2.31. The number of carbonyl (C=O) groups is 1. The van der Waals surface area contributed by atoms with Crippen LogP contribution in [0.1, 0.15) is 36.0 Å². The van der Waals surface area contributed by atoms with E-state index in [9.17, 15) is 4.79 Å². The third kappa shape index (κ3) is 3.35. The van der Waals surface area contributed by atoms with Gasteiger partial charge < -0.3 is 15.0 Å². The molecule has 21 heavy (non-hydrogen) atoms. The summed E-state index contributed by atoms with van der Waals surface area (Å²) >= 11 is 0. The van der Waals surface area contributed by atoms with Gasteiger partial charge >= 0.3 is 0 Å². The number of nitrogens with one attached hydrogen (secondary N) is 1. The average molecular weight is 289 g/mol. The maximum atomic E-state index is 12.9. The van der Waals surface area contributed by atoms with Crippen LogP contribution in [0.4, 0.5) is 0 Å². The first-order valence-electron chi connectivity index (χ1n) is 7.79. The van der Waals surface area contributed by atoms with Crippen LogP contribution in [0.25, 0.3) is 0 Å². The van der Waals surface area contributed by atoms with Gasteiger partial charge in [0.05, 0.1) is 18.9 Å². The minimum Gasteiger partial charge on any atom is -0.494 e. The zero-order chi connectivity index (χ0) is 14.7. The lowest BCUT2D eigenvalue weighted by molar-refractivity contribution is 0.0698. The van der Waals surface area contributed by atoms with Crippen molar-refractivity contribution in [3.8, 4) is 5.75 Å². The van der Waals surface area contributed by atoms with E-state index in [1.165, 1.54) is 0 Å². The fourth-order valence-electron chi connectivity index (χ4n) is 3.00. The highest BCUT2D eigenvalue weighted by atomic mass is 16.5. The molecule has 2 aliphatic rings. The molecule has 1 saturated heterocycles. The molecule has 1 amide bonds. The van der Waals surface area contributed by atoms with Gasteiger partial charge in [0.15, 0.2) is 0 Å². The summed E-state index contributed by atoms with van der Waals surface area (Å²) in [5, 5.41) is 3.38. The number of aromatic nitrogens is 1. The lowest BCUT2D eigenvalue weighted by atomic mass is 9.97. The van der Waals surface area contributed by atoms with E-state index in [1.807, 2.05) is 0 Å². The second kappa shape index (κ2) is 6.43. The molecule has 3 rings (SSSR count). The highest BCUT2D eigenvalue weighted by Gasteiger charge is 2.35. The van der Waals surface area contributed by atoms with Gasteiger partial charge in [-0.3, -0.25) is 9.78 Å². The minimum atomic E-state index is 0.0929. The Morgan fingerprint density at radius 2 is 2.14 bits per heavy atom. The lowest BCUT2D eigenvalue weighted by Crippen LogP contribution is -2.40. The molecular formula is C16H23N3O2. The maximum Gasteiger partial charge on any atom is 0.257 e. The Morgan fingerprint density at radius 1 is 1.38 bits per heavy atom. The molecule has 114 valence electrons. The van der Waals surface area contributed by atoms with E-state index >= 15 is 0 Å². The summed E-state index contributed by atoms with van der Waals surface area (Å²) in [5.74, 6) is 1.28. The Labute approximate surface area is 125 Å². The molecule has 5 nitrogen and oxygen atoms in total. The number of hydrogen-bond donors (Lipinski definition) is 1. The monoisotopic (exact) mass is 289 g/mol. The van der Waals surface area contributed by atoms with Crippen molar-refractivity contribution in [3.05, 3.63) is 24.0 Å². The molecule has 2 fully saturated rings. The first-order valence-corrected chi connectivity index (χ1v) is 7.79. The van der Waals surface area contributed by atoms with Crippen LogP contribution in [0.2, 0.25) is 0 Å². The first kappa shape index (κ1) is 14.3. The Hall–Kier alpha value is -1.62. The van der Waals surface area contributed by atoms with Crippen LogP contribution in [0, 0.1) is 5.92 Å². The Bertz CT molecular complexity index is 496. The van der Waals surface area contributed by atoms with Crippen LogP contribution in [-0.4, -0.2) is 48.6 Å². The van der Waals surface area contributed by atoms with E-state index in [1.54, 1.807) is 25.6 Å². The summed E-state index contributed by atoms with van der Waals surface area (Å²) in [5.41, 5.74) is 0.633. The third-order valence-electron chi connectivity index (χ3n) is 4.40. The van der Waals surface area contributed by atoms with Gasteiger partial charge in [-0.25, -0.2) is 0 Å². The van der Waals surface area contributed by atoms with Gasteiger partial charge in [0.2, 0.25) is 0 Å². The van der Waals surface area contributed by atoms with E-state index in [4.69, 9.17) is 4.74 Å². The van der Waals surface area contributed by atoms with Crippen molar-refractivity contribution in [2.24, 2.45) is 5.92 Å².